The molecule has 1 aliphatic carbocycles. The van der Waals surface area contributed by atoms with Crippen LogP contribution in [0.15, 0.2) is 42.5 Å². The van der Waals surface area contributed by atoms with Crippen LogP contribution in [0, 0.1) is 12.8 Å². The van der Waals surface area contributed by atoms with Gasteiger partial charge in [-0.1, -0.05) is 18.2 Å². The summed E-state index contributed by atoms with van der Waals surface area (Å²) in [5.74, 6) is 1.71. The molecule has 2 aromatic carbocycles. The van der Waals surface area contributed by atoms with Crippen LogP contribution in [0.3, 0.4) is 0 Å². The summed E-state index contributed by atoms with van der Waals surface area (Å²) < 4.78 is 12.5. The van der Waals surface area contributed by atoms with Gasteiger partial charge in [0.05, 0.1) is 19.7 Å². The van der Waals surface area contributed by atoms with Crippen LogP contribution >= 0.6 is 0 Å². The number of fused-ring (bicyclic) bond motifs is 3. The van der Waals surface area contributed by atoms with Gasteiger partial charge in [-0.2, -0.15) is 4.52 Å². The largest absolute Gasteiger partial charge is 0.493 e. The molecule has 2 heterocycles. The van der Waals surface area contributed by atoms with Gasteiger partial charge in [0.1, 0.15) is 0 Å². The topological polar surface area (TPSA) is 81.9 Å². The molecule has 8 nitrogen and oxygen atoms in total. The zero-order valence-electron chi connectivity index (χ0n) is 19.1. The zero-order chi connectivity index (χ0) is 22.9. The number of pyridine rings is 1. The fourth-order valence-electron chi connectivity index (χ4n) is 4.24. The van der Waals surface area contributed by atoms with Crippen molar-refractivity contribution in [3.63, 3.8) is 0 Å². The van der Waals surface area contributed by atoms with Crippen LogP contribution in [0.2, 0.25) is 0 Å². The highest BCUT2D eigenvalue weighted by atomic mass is 16.5. The van der Waals surface area contributed by atoms with Gasteiger partial charge < -0.3 is 14.4 Å². The summed E-state index contributed by atoms with van der Waals surface area (Å²) in [5, 5.41) is 13.4. The Bertz CT molecular complexity index is 1330. The molecule has 1 amide bonds. The molecule has 1 aliphatic rings. The SMILES string of the molecule is COc1ccc(CCN(Cc2cc3ccc(C)cc3n3nnnc23)C(=O)C2CC2)cc1OC. The molecule has 0 N–H and O–H groups in total. The van der Waals surface area contributed by atoms with Gasteiger partial charge in [0, 0.05) is 30.0 Å². The normalized spacial score (nSPS) is 13.4. The van der Waals surface area contributed by atoms with Gasteiger partial charge in [0.2, 0.25) is 5.91 Å². The first-order chi connectivity index (χ1) is 16.1. The lowest BCUT2D eigenvalue weighted by Gasteiger charge is -2.23. The minimum absolute atomic E-state index is 0.130. The number of amides is 1. The molecule has 0 saturated heterocycles. The van der Waals surface area contributed by atoms with Crippen LogP contribution in [0.25, 0.3) is 16.6 Å². The fraction of sp³-hybridized carbons (Fsp3) is 0.360. The van der Waals surface area contributed by atoms with Gasteiger partial charge in [-0.3, -0.25) is 4.79 Å². The van der Waals surface area contributed by atoms with Gasteiger partial charge >= 0.3 is 0 Å². The predicted octanol–water partition coefficient (Wildman–Crippen LogP) is 3.58. The van der Waals surface area contributed by atoms with E-state index in [9.17, 15) is 4.79 Å². The van der Waals surface area contributed by atoms with Crippen molar-refractivity contribution in [1.29, 1.82) is 0 Å². The van der Waals surface area contributed by atoms with E-state index in [1.165, 1.54) is 0 Å². The van der Waals surface area contributed by atoms with Crippen molar-refractivity contribution in [2.75, 3.05) is 20.8 Å². The van der Waals surface area contributed by atoms with E-state index >= 15 is 0 Å². The van der Waals surface area contributed by atoms with Gasteiger partial charge in [0.25, 0.3) is 0 Å². The molecule has 170 valence electrons. The average molecular weight is 446 g/mol. The van der Waals surface area contributed by atoms with Crippen molar-refractivity contribution in [2.24, 2.45) is 5.92 Å². The maximum absolute atomic E-state index is 13.2. The molecule has 2 aromatic heterocycles. The number of methoxy groups -OCH3 is 2. The third-order valence-corrected chi connectivity index (χ3v) is 6.22. The van der Waals surface area contributed by atoms with Crippen molar-refractivity contribution in [2.45, 2.75) is 32.7 Å². The zero-order valence-corrected chi connectivity index (χ0v) is 19.1. The van der Waals surface area contributed by atoms with Crippen molar-refractivity contribution in [1.82, 2.24) is 24.9 Å². The highest BCUT2D eigenvalue weighted by molar-refractivity contribution is 5.84. The van der Waals surface area contributed by atoms with Crippen LogP contribution in [0.4, 0.5) is 0 Å². The number of rotatable bonds is 8. The summed E-state index contributed by atoms with van der Waals surface area (Å²) >= 11 is 0. The number of aromatic nitrogens is 4. The van der Waals surface area contributed by atoms with Crippen LogP contribution in [0.1, 0.15) is 29.5 Å². The second-order valence-electron chi connectivity index (χ2n) is 8.62. The van der Waals surface area contributed by atoms with Crippen molar-refractivity contribution in [3.8, 4) is 11.5 Å². The van der Waals surface area contributed by atoms with E-state index in [1.807, 2.05) is 30.0 Å². The quantitative estimate of drug-likeness (QED) is 0.412. The molecule has 33 heavy (non-hydrogen) atoms. The monoisotopic (exact) mass is 445 g/mol. The number of benzene rings is 2. The summed E-state index contributed by atoms with van der Waals surface area (Å²) in [5.41, 5.74) is 4.83. The van der Waals surface area contributed by atoms with E-state index in [1.54, 1.807) is 18.7 Å². The Morgan fingerprint density at radius 2 is 1.91 bits per heavy atom. The molecule has 0 bridgehead atoms. The maximum atomic E-state index is 13.2. The number of carbonyl (C=O) groups is 1. The molecule has 0 spiro atoms. The molecule has 1 fully saturated rings. The second-order valence-corrected chi connectivity index (χ2v) is 8.62. The van der Waals surface area contributed by atoms with Gasteiger partial charge in [-0.15, -0.1) is 5.10 Å². The molecule has 0 aliphatic heterocycles. The third-order valence-electron chi connectivity index (χ3n) is 6.22. The summed E-state index contributed by atoms with van der Waals surface area (Å²) in [6.45, 7) is 3.12. The Hall–Kier alpha value is -3.68. The Labute approximate surface area is 192 Å². The Kier molecular flexibility index (Phi) is 5.58. The maximum Gasteiger partial charge on any atom is 0.225 e. The summed E-state index contributed by atoms with van der Waals surface area (Å²) in [4.78, 5) is 15.1. The number of nitrogens with zero attached hydrogens (tertiary/aromatic N) is 5. The summed E-state index contributed by atoms with van der Waals surface area (Å²) in [7, 11) is 3.25. The number of tetrazole rings is 1. The van der Waals surface area contributed by atoms with Crippen LogP contribution in [-0.2, 0) is 17.8 Å². The first kappa shape index (κ1) is 21.2. The first-order valence-electron chi connectivity index (χ1n) is 11.2. The van der Waals surface area contributed by atoms with E-state index in [4.69, 9.17) is 9.47 Å². The van der Waals surface area contributed by atoms with Crippen molar-refractivity contribution < 1.29 is 14.3 Å². The van der Waals surface area contributed by atoms with E-state index in [0.717, 1.165) is 40.4 Å². The Balaban J connectivity index is 1.44. The highest BCUT2D eigenvalue weighted by Crippen LogP contribution is 2.33. The summed E-state index contributed by atoms with van der Waals surface area (Å²) in [6.07, 6.45) is 2.64. The predicted molar refractivity (Wildman–Crippen MR) is 124 cm³/mol. The Morgan fingerprint density at radius 1 is 1.09 bits per heavy atom. The lowest BCUT2D eigenvalue weighted by molar-refractivity contribution is -0.133. The number of hydrogen-bond donors (Lipinski definition) is 0. The standard InChI is InChI=1S/C25H27N5O3/c1-16-4-6-19-14-20(24-26-27-28-30(24)21(19)12-16)15-29(25(31)18-7-8-18)11-10-17-5-9-22(32-2)23(13-17)33-3/h4-6,9,12-14,18H,7-8,10-11,15H2,1-3H3. The first-order valence-corrected chi connectivity index (χ1v) is 11.2. The van der Waals surface area contributed by atoms with E-state index in [-0.39, 0.29) is 11.8 Å². The highest BCUT2D eigenvalue weighted by Gasteiger charge is 2.33. The molecular formula is C25H27N5O3. The number of carbonyl (C=O) groups excluding carboxylic acids is 1. The minimum Gasteiger partial charge on any atom is -0.493 e. The fourth-order valence-corrected chi connectivity index (χ4v) is 4.24. The third kappa shape index (κ3) is 4.20. The smallest absolute Gasteiger partial charge is 0.225 e. The average Bonchev–Trinajstić information content (AvgIpc) is 3.57. The lowest BCUT2D eigenvalue weighted by atomic mass is 10.1. The van der Waals surface area contributed by atoms with Crippen molar-refractivity contribution in [3.05, 3.63) is 59.2 Å². The lowest BCUT2D eigenvalue weighted by Crippen LogP contribution is -2.33. The summed E-state index contributed by atoms with van der Waals surface area (Å²) in [6, 6.07) is 14.2. The molecule has 8 heteroatoms. The molecule has 4 aromatic rings. The van der Waals surface area contributed by atoms with E-state index < -0.39 is 0 Å². The number of hydrogen-bond acceptors (Lipinski definition) is 6. The number of ether oxygens (including phenoxy) is 2. The van der Waals surface area contributed by atoms with Gasteiger partial charge in [-0.25, -0.2) is 0 Å². The minimum atomic E-state index is 0.130. The number of aryl methyl sites for hydroxylation is 1. The molecule has 0 radical (unpaired) electrons. The molecule has 1 saturated carbocycles. The molecule has 0 unspecified atom stereocenters. The van der Waals surface area contributed by atoms with Crippen LogP contribution < -0.4 is 9.47 Å². The van der Waals surface area contributed by atoms with Crippen LogP contribution in [0.5, 0.6) is 11.5 Å². The van der Waals surface area contributed by atoms with Crippen LogP contribution in [-0.4, -0.2) is 51.6 Å². The van der Waals surface area contributed by atoms with E-state index in [0.29, 0.717) is 36.7 Å². The van der Waals surface area contributed by atoms with Gasteiger partial charge in [0.15, 0.2) is 17.1 Å². The molecule has 5 rings (SSSR count). The molecular weight excluding hydrogens is 418 g/mol. The van der Waals surface area contributed by atoms with Crippen molar-refractivity contribution >= 4 is 22.5 Å². The molecule has 0 atom stereocenters. The second kappa shape index (κ2) is 8.69. The van der Waals surface area contributed by atoms with Gasteiger partial charge in [-0.05, 0) is 72.0 Å². The Morgan fingerprint density at radius 3 is 2.67 bits per heavy atom. The van der Waals surface area contributed by atoms with E-state index in [2.05, 4.69) is 39.8 Å².